The lowest BCUT2D eigenvalue weighted by atomic mass is 9.96. The van der Waals surface area contributed by atoms with Crippen LogP contribution in [0.3, 0.4) is 0 Å². The first-order chi connectivity index (χ1) is 12.6. The van der Waals surface area contributed by atoms with Crippen LogP contribution in [0, 0.1) is 6.92 Å². The van der Waals surface area contributed by atoms with Crippen molar-refractivity contribution in [3.05, 3.63) is 64.2 Å². The summed E-state index contributed by atoms with van der Waals surface area (Å²) in [6.07, 6.45) is 1.70. The molecule has 27 heavy (non-hydrogen) atoms. The van der Waals surface area contributed by atoms with E-state index in [9.17, 15) is 18.0 Å². The van der Waals surface area contributed by atoms with Crippen LogP contribution in [0.1, 0.15) is 37.4 Å². The predicted molar refractivity (Wildman–Crippen MR) is 101 cm³/mol. The summed E-state index contributed by atoms with van der Waals surface area (Å²) in [4.78, 5) is 25.7. The van der Waals surface area contributed by atoms with Crippen molar-refractivity contribution in [2.75, 3.05) is 17.5 Å². The van der Waals surface area contributed by atoms with Crippen molar-refractivity contribution in [2.24, 2.45) is 0 Å². The van der Waals surface area contributed by atoms with Crippen LogP contribution in [0.2, 0.25) is 0 Å². The van der Waals surface area contributed by atoms with E-state index >= 15 is 0 Å². The Hall–Kier alpha value is -2.87. The molecule has 2 aromatic carbocycles. The van der Waals surface area contributed by atoms with Gasteiger partial charge in [0, 0.05) is 18.7 Å². The highest BCUT2D eigenvalue weighted by atomic mass is 32.2. The summed E-state index contributed by atoms with van der Waals surface area (Å²) in [5.41, 5.74) is 3.51. The van der Waals surface area contributed by atoms with Crippen molar-refractivity contribution in [3.63, 3.8) is 0 Å². The molecular formula is C19H20N2O5S. The Balaban J connectivity index is 1.86. The van der Waals surface area contributed by atoms with Gasteiger partial charge in [-0.3, -0.25) is 9.52 Å². The molecule has 1 aliphatic rings. The zero-order valence-electron chi connectivity index (χ0n) is 15.0. The van der Waals surface area contributed by atoms with Crippen molar-refractivity contribution in [2.45, 2.75) is 19.9 Å². The Morgan fingerprint density at radius 2 is 1.78 bits per heavy atom. The van der Waals surface area contributed by atoms with Gasteiger partial charge in [0.2, 0.25) is 10.0 Å². The number of sulfonamides is 1. The van der Waals surface area contributed by atoms with E-state index in [2.05, 4.69) is 4.72 Å². The van der Waals surface area contributed by atoms with Gasteiger partial charge in [0.05, 0.1) is 17.5 Å². The first-order valence-corrected chi connectivity index (χ1v) is 10.3. The lowest BCUT2D eigenvalue weighted by Gasteiger charge is -2.29. The maximum Gasteiger partial charge on any atom is 0.335 e. The van der Waals surface area contributed by atoms with Crippen molar-refractivity contribution in [1.29, 1.82) is 0 Å². The topological polar surface area (TPSA) is 104 Å². The molecule has 0 bridgehead atoms. The molecule has 0 radical (unpaired) electrons. The second kappa shape index (κ2) is 7.03. The van der Waals surface area contributed by atoms with Crippen LogP contribution in [0.15, 0.2) is 36.4 Å². The minimum absolute atomic E-state index is 0.193. The van der Waals surface area contributed by atoms with E-state index in [1.807, 2.05) is 0 Å². The van der Waals surface area contributed by atoms with Crippen molar-refractivity contribution in [1.82, 2.24) is 4.90 Å². The lowest BCUT2D eigenvalue weighted by Crippen LogP contribution is -2.36. The van der Waals surface area contributed by atoms with E-state index < -0.39 is 16.0 Å². The number of fused-ring (bicyclic) bond motifs is 1. The Kier molecular flexibility index (Phi) is 4.93. The molecule has 2 N–H and O–H groups in total. The van der Waals surface area contributed by atoms with Gasteiger partial charge in [-0.25, -0.2) is 13.2 Å². The number of nitrogens with zero attached hydrogens (tertiary/aromatic N) is 1. The molecule has 1 heterocycles. The number of benzene rings is 2. The number of nitrogens with one attached hydrogen (secondary N) is 1. The molecule has 7 nitrogen and oxygen atoms in total. The highest BCUT2D eigenvalue weighted by Crippen LogP contribution is 2.24. The average Bonchev–Trinajstić information content (AvgIpc) is 2.60. The normalized spacial score (nSPS) is 13.8. The third kappa shape index (κ3) is 4.28. The summed E-state index contributed by atoms with van der Waals surface area (Å²) in [6.45, 7) is 2.59. The minimum atomic E-state index is -3.45. The number of carboxylic acid groups (broad SMARTS) is 1. The maximum absolute atomic E-state index is 12.9. The number of anilines is 1. The molecule has 0 saturated carbocycles. The summed E-state index contributed by atoms with van der Waals surface area (Å²) in [5.74, 6) is -1.23. The zero-order valence-corrected chi connectivity index (χ0v) is 15.8. The van der Waals surface area contributed by atoms with Gasteiger partial charge < -0.3 is 10.0 Å². The quantitative estimate of drug-likeness (QED) is 0.836. The summed E-state index contributed by atoms with van der Waals surface area (Å²) < 4.78 is 25.4. The predicted octanol–water partition coefficient (Wildman–Crippen LogP) is 2.26. The van der Waals surface area contributed by atoms with Crippen LogP contribution < -0.4 is 4.72 Å². The zero-order chi connectivity index (χ0) is 19.8. The number of hydrogen-bond acceptors (Lipinski definition) is 4. The van der Waals surface area contributed by atoms with Gasteiger partial charge in [0.25, 0.3) is 5.91 Å². The fourth-order valence-corrected chi connectivity index (χ4v) is 3.73. The third-order valence-corrected chi connectivity index (χ3v) is 5.12. The van der Waals surface area contributed by atoms with Crippen LogP contribution in [-0.2, 0) is 23.0 Å². The minimum Gasteiger partial charge on any atom is -0.478 e. The molecule has 0 fully saturated rings. The summed E-state index contributed by atoms with van der Waals surface area (Å²) in [5, 5.41) is 9.15. The molecule has 0 aliphatic carbocycles. The second-order valence-corrected chi connectivity index (χ2v) is 8.42. The molecular weight excluding hydrogens is 368 g/mol. The fraction of sp³-hybridized carbons (Fsp3) is 0.263. The molecule has 3 rings (SSSR count). The molecule has 2 aromatic rings. The second-order valence-electron chi connectivity index (χ2n) is 6.67. The highest BCUT2D eigenvalue weighted by molar-refractivity contribution is 7.92. The number of carbonyl (C=O) groups is 2. The number of rotatable bonds is 4. The van der Waals surface area contributed by atoms with Crippen molar-refractivity contribution in [3.8, 4) is 0 Å². The average molecular weight is 388 g/mol. The summed E-state index contributed by atoms with van der Waals surface area (Å²) >= 11 is 0. The van der Waals surface area contributed by atoms with Gasteiger partial charge in [-0.05, 0) is 54.3 Å². The summed E-state index contributed by atoms with van der Waals surface area (Å²) in [6, 6.07) is 9.85. The molecule has 0 unspecified atom stereocenters. The van der Waals surface area contributed by atoms with Crippen molar-refractivity contribution < 1.29 is 23.1 Å². The van der Waals surface area contributed by atoms with Crippen LogP contribution in [-0.4, -0.2) is 43.1 Å². The standard InChI is InChI=1S/C19H20N2O5S/c1-12-3-4-14(10-17(12)20-27(2,25)26)18(22)21-8-7-13-5-6-15(19(23)24)9-16(13)11-21/h3-6,9-10,20H,7-8,11H2,1-2H3,(H,23,24). The first-order valence-electron chi connectivity index (χ1n) is 8.37. The Morgan fingerprint density at radius 3 is 2.44 bits per heavy atom. The molecule has 8 heteroatoms. The van der Waals surface area contributed by atoms with Gasteiger partial charge in [0.15, 0.2) is 0 Å². The molecule has 0 atom stereocenters. The van der Waals surface area contributed by atoms with Gasteiger partial charge in [-0.1, -0.05) is 12.1 Å². The Bertz CT molecular complexity index is 1030. The molecule has 0 aromatic heterocycles. The van der Waals surface area contributed by atoms with E-state index in [-0.39, 0.29) is 11.5 Å². The van der Waals surface area contributed by atoms with Gasteiger partial charge in [-0.2, -0.15) is 0 Å². The summed E-state index contributed by atoms with van der Waals surface area (Å²) in [7, 11) is -3.45. The largest absolute Gasteiger partial charge is 0.478 e. The number of aryl methyl sites for hydroxylation is 1. The van der Waals surface area contributed by atoms with Crippen LogP contribution in [0.4, 0.5) is 5.69 Å². The number of hydrogen-bond donors (Lipinski definition) is 2. The van der Waals surface area contributed by atoms with Gasteiger partial charge in [0.1, 0.15) is 0 Å². The number of carbonyl (C=O) groups excluding carboxylic acids is 1. The van der Waals surface area contributed by atoms with Gasteiger partial charge in [-0.15, -0.1) is 0 Å². The number of carboxylic acids is 1. The van der Waals surface area contributed by atoms with Crippen LogP contribution in [0.5, 0.6) is 0 Å². The number of aromatic carboxylic acids is 1. The van der Waals surface area contributed by atoms with E-state index in [0.717, 1.165) is 17.4 Å². The van der Waals surface area contributed by atoms with Crippen molar-refractivity contribution >= 4 is 27.6 Å². The van der Waals surface area contributed by atoms with Gasteiger partial charge >= 0.3 is 5.97 Å². The van der Waals surface area contributed by atoms with E-state index in [0.29, 0.717) is 36.3 Å². The fourth-order valence-electron chi connectivity index (χ4n) is 3.11. The van der Waals surface area contributed by atoms with E-state index in [1.165, 1.54) is 6.07 Å². The van der Waals surface area contributed by atoms with Crippen LogP contribution in [0.25, 0.3) is 0 Å². The molecule has 0 saturated heterocycles. The molecule has 1 aliphatic heterocycles. The van der Waals surface area contributed by atoms with Crippen LogP contribution >= 0.6 is 0 Å². The van der Waals surface area contributed by atoms with E-state index in [1.54, 1.807) is 42.2 Å². The Labute approximate surface area is 157 Å². The lowest BCUT2D eigenvalue weighted by molar-refractivity contribution is 0.0696. The maximum atomic E-state index is 12.9. The first kappa shape index (κ1) is 18.9. The van der Waals surface area contributed by atoms with E-state index in [4.69, 9.17) is 5.11 Å². The molecule has 142 valence electrons. The molecule has 0 spiro atoms. The third-order valence-electron chi connectivity index (χ3n) is 4.53. The number of amides is 1. The monoisotopic (exact) mass is 388 g/mol. The SMILES string of the molecule is Cc1ccc(C(=O)N2CCc3ccc(C(=O)O)cc3C2)cc1NS(C)(=O)=O. The molecule has 1 amide bonds. The highest BCUT2D eigenvalue weighted by Gasteiger charge is 2.23. The Morgan fingerprint density at radius 1 is 1.07 bits per heavy atom. The smallest absolute Gasteiger partial charge is 0.335 e.